The van der Waals surface area contributed by atoms with E-state index in [1.807, 2.05) is 29.2 Å². The first kappa shape index (κ1) is 21.9. The van der Waals surface area contributed by atoms with Gasteiger partial charge in [0.1, 0.15) is 5.69 Å². The van der Waals surface area contributed by atoms with Gasteiger partial charge in [-0.25, -0.2) is 9.97 Å². The van der Waals surface area contributed by atoms with E-state index in [9.17, 15) is 15.2 Å². The number of ether oxygens (including phenoxy) is 1. The normalized spacial score (nSPS) is 17.7. The van der Waals surface area contributed by atoms with Crippen molar-refractivity contribution in [1.82, 2.24) is 15.3 Å². The van der Waals surface area contributed by atoms with Gasteiger partial charge in [-0.15, -0.1) is 0 Å². The third kappa shape index (κ3) is 4.86. The van der Waals surface area contributed by atoms with E-state index in [4.69, 9.17) is 9.72 Å². The van der Waals surface area contributed by atoms with Gasteiger partial charge in [0.15, 0.2) is 11.7 Å². The van der Waals surface area contributed by atoms with Crippen LogP contribution in [0.3, 0.4) is 0 Å². The average molecular weight is 412 g/mol. The Morgan fingerprint density at radius 2 is 2.03 bits per heavy atom. The summed E-state index contributed by atoms with van der Waals surface area (Å²) in [6, 6.07) is 9.36. The molecule has 8 nitrogen and oxygen atoms in total. The maximum atomic E-state index is 12.8. The van der Waals surface area contributed by atoms with Crippen LogP contribution in [0.2, 0.25) is 0 Å². The van der Waals surface area contributed by atoms with Crippen LogP contribution in [0.25, 0.3) is 11.0 Å². The van der Waals surface area contributed by atoms with Crippen LogP contribution in [-0.4, -0.2) is 59.9 Å². The Kier molecular flexibility index (Phi) is 7.55. The molecule has 0 amide bonds. The maximum absolute atomic E-state index is 12.8. The number of nitrogens with zero attached hydrogens (tertiary/aromatic N) is 4. The fraction of sp³-hybridized carbons (Fsp3) is 0.545. The number of aliphatic hydroxyl groups is 1. The molecule has 0 radical (unpaired) electrons. The predicted octanol–water partition coefficient (Wildman–Crippen LogP) is 1.99. The first-order chi connectivity index (χ1) is 14.6. The monoisotopic (exact) mass is 411 g/mol. The number of nitriles is 1. The molecule has 160 valence electrons. The molecule has 0 bridgehead atoms. The van der Waals surface area contributed by atoms with Gasteiger partial charge in [0.2, 0.25) is 0 Å². The number of carbonyl (C=O) groups excluding carboxylic acids is 1. The van der Waals surface area contributed by atoms with E-state index in [-0.39, 0.29) is 18.6 Å². The summed E-state index contributed by atoms with van der Waals surface area (Å²) in [5, 5.41) is 22.6. The predicted molar refractivity (Wildman–Crippen MR) is 114 cm³/mol. The quantitative estimate of drug-likeness (QED) is 0.635. The van der Waals surface area contributed by atoms with Crippen LogP contribution in [0.1, 0.15) is 38.3 Å². The van der Waals surface area contributed by atoms with Crippen LogP contribution in [0, 0.1) is 17.2 Å². The number of aliphatic hydroxyl groups excluding tert-OH is 1. The minimum atomic E-state index is -1.16. The van der Waals surface area contributed by atoms with E-state index < -0.39 is 11.9 Å². The lowest BCUT2D eigenvalue weighted by atomic mass is 10.0. The highest BCUT2D eigenvalue weighted by Gasteiger charge is 2.32. The lowest BCUT2D eigenvalue weighted by molar-refractivity contribution is -0.145. The van der Waals surface area contributed by atoms with Gasteiger partial charge >= 0.3 is 5.97 Å². The van der Waals surface area contributed by atoms with Gasteiger partial charge in [-0.1, -0.05) is 38.8 Å². The highest BCUT2D eigenvalue weighted by molar-refractivity contribution is 5.85. The van der Waals surface area contributed by atoms with Crippen molar-refractivity contribution in [2.75, 3.05) is 37.7 Å². The van der Waals surface area contributed by atoms with Gasteiger partial charge in [0, 0.05) is 25.7 Å². The maximum Gasteiger partial charge on any atom is 0.329 e. The van der Waals surface area contributed by atoms with Crippen molar-refractivity contribution in [3.8, 4) is 6.07 Å². The molecule has 1 fully saturated rings. The average Bonchev–Trinajstić information content (AvgIpc) is 2.79. The van der Waals surface area contributed by atoms with Gasteiger partial charge in [0.05, 0.1) is 30.3 Å². The van der Waals surface area contributed by atoms with Crippen molar-refractivity contribution in [2.45, 2.75) is 38.6 Å². The fourth-order valence-electron chi connectivity index (χ4n) is 3.60. The van der Waals surface area contributed by atoms with Crippen LogP contribution in [0.4, 0.5) is 5.82 Å². The van der Waals surface area contributed by atoms with Crippen LogP contribution < -0.4 is 10.2 Å². The number of nitrogens with one attached hydrogen (secondary N) is 1. The van der Waals surface area contributed by atoms with E-state index >= 15 is 0 Å². The summed E-state index contributed by atoms with van der Waals surface area (Å²) < 4.78 is 5.49. The molecule has 2 heterocycles. The molecule has 30 heavy (non-hydrogen) atoms. The van der Waals surface area contributed by atoms with Gasteiger partial charge in [-0.3, -0.25) is 4.79 Å². The standard InChI is InChI=1S/C22H29N5O3/c1-3-15(4-2)14-30-22(29)17(11-23)20-21(27-10-9-24-16(12-27)13-28)26-19-8-6-5-7-18(19)25-20/h5-8,15-17,24,28H,3-4,9-10,12-14H2,1-2H3. The lowest BCUT2D eigenvalue weighted by Crippen LogP contribution is -2.53. The third-order valence-corrected chi connectivity index (χ3v) is 5.61. The molecule has 2 unspecified atom stereocenters. The Bertz CT molecular complexity index is 909. The zero-order chi connectivity index (χ0) is 21.5. The second-order valence-electron chi connectivity index (χ2n) is 7.58. The molecule has 1 aromatic carbocycles. The summed E-state index contributed by atoms with van der Waals surface area (Å²) in [7, 11) is 0. The molecule has 0 spiro atoms. The minimum Gasteiger partial charge on any atom is -0.464 e. The van der Waals surface area contributed by atoms with E-state index in [2.05, 4.69) is 30.2 Å². The van der Waals surface area contributed by atoms with Crippen molar-refractivity contribution >= 4 is 22.8 Å². The number of anilines is 1. The van der Waals surface area contributed by atoms with Gasteiger partial charge in [0.25, 0.3) is 0 Å². The lowest BCUT2D eigenvalue weighted by Gasteiger charge is -2.34. The van der Waals surface area contributed by atoms with Gasteiger partial charge < -0.3 is 20.1 Å². The zero-order valence-electron chi connectivity index (χ0n) is 17.5. The van der Waals surface area contributed by atoms with Crippen molar-refractivity contribution in [1.29, 1.82) is 5.26 Å². The van der Waals surface area contributed by atoms with E-state index in [1.54, 1.807) is 0 Å². The second-order valence-corrected chi connectivity index (χ2v) is 7.58. The molecule has 1 aliphatic rings. The Balaban J connectivity index is 1.97. The molecule has 1 aliphatic heterocycles. The van der Waals surface area contributed by atoms with Crippen LogP contribution in [0.15, 0.2) is 24.3 Å². The summed E-state index contributed by atoms with van der Waals surface area (Å²) >= 11 is 0. The topological polar surface area (TPSA) is 111 Å². The van der Waals surface area contributed by atoms with Gasteiger partial charge in [-0.05, 0) is 18.1 Å². The largest absolute Gasteiger partial charge is 0.464 e. The first-order valence-corrected chi connectivity index (χ1v) is 10.5. The number of aromatic nitrogens is 2. The highest BCUT2D eigenvalue weighted by atomic mass is 16.5. The van der Waals surface area contributed by atoms with Crippen molar-refractivity contribution in [3.63, 3.8) is 0 Å². The second kappa shape index (κ2) is 10.3. The number of benzene rings is 1. The molecule has 1 saturated heterocycles. The molecular weight excluding hydrogens is 382 g/mol. The van der Waals surface area contributed by atoms with E-state index in [1.165, 1.54) is 0 Å². The number of para-hydroxylation sites is 2. The van der Waals surface area contributed by atoms with Crippen LogP contribution in [0.5, 0.6) is 0 Å². The number of piperazine rings is 1. The fourth-order valence-corrected chi connectivity index (χ4v) is 3.60. The molecule has 0 saturated carbocycles. The number of hydrogen-bond acceptors (Lipinski definition) is 8. The Morgan fingerprint density at radius 3 is 2.67 bits per heavy atom. The number of rotatable bonds is 8. The zero-order valence-corrected chi connectivity index (χ0v) is 17.5. The summed E-state index contributed by atoms with van der Waals surface area (Å²) in [6.45, 7) is 6.20. The minimum absolute atomic E-state index is 0.00795. The number of fused-ring (bicyclic) bond motifs is 1. The molecule has 2 aromatic rings. The molecule has 1 aromatic heterocycles. The van der Waals surface area contributed by atoms with E-state index in [0.717, 1.165) is 12.8 Å². The summed E-state index contributed by atoms with van der Waals surface area (Å²) in [5.41, 5.74) is 1.62. The van der Waals surface area contributed by atoms with Crippen LogP contribution >= 0.6 is 0 Å². The molecule has 2 N–H and O–H groups in total. The molecule has 2 atom stereocenters. The summed E-state index contributed by atoms with van der Waals surface area (Å²) in [6.07, 6.45) is 1.82. The molecule has 8 heteroatoms. The van der Waals surface area contributed by atoms with Crippen molar-refractivity contribution < 1.29 is 14.6 Å². The van der Waals surface area contributed by atoms with Crippen molar-refractivity contribution in [3.05, 3.63) is 30.0 Å². The molecule has 3 rings (SSSR count). The summed E-state index contributed by atoms with van der Waals surface area (Å²) in [4.78, 5) is 24.2. The smallest absolute Gasteiger partial charge is 0.329 e. The van der Waals surface area contributed by atoms with Gasteiger partial charge in [-0.2, -0.15) is 5.26 Å². The summed E-state index contributed by atoms with van der Waals surface area (Å²) in [5.74, 6) is -0.980. The highest BCUT2D eigenvalue weighted by Crippen LogP contribution is 2.29. The first-order valence-electron chi connectivity index (χ1n) is 10.5. The Labute approximate surface area is 176 Å². The SMILES string of the molecule is CCC(CC)COC(=O)C(C#N)c1nc2ccccc2nc1N1CCNC(CO)C1. The third-order valence-electron chi connectivity index (χ3n) is 5.61. The molecule has 0 aliphatic carbocycles. The van der Waals surface area contributed by atoms with E-state index in [0.29, 0.717) is 48.8 Å². The van der Waals surface area contributed by atoms with Crippen molar-refractivity contribution in [2.24, 2.45) is 5.92 Å². The van der Waals surface area contributed by atoms with Crippen LogP contribution in [-0.2, 0) is 9.53 Å². The molecular formula is C22H29N5O3. The number of hydrogen-bond donors (Lipinski definition) is 2. The Morgan fingerprint density at radius 1 is 1.33 bits per heavy atom. The number of esters is 1. The Hall–Kier alpha value is -2.76. The number of carbonyl (C=O) groups is 1.